The monoisotopic (exact) mass is 463 g/mol. The lowest BCUT2D eigenvalue weighted by molar-refractivity contribution is 0.0173. The number of fused-ring (bicyclic) bond motifs is 1. The Morgan fingerprint density at radius 3 is 2.74 bits per heavy atom. The number of aliphatic hydroxyl groups is 1. The molecule has 0 aliphatic carbocycles. The second kappa shape index (κ2) is 9.47. The fraction of sp³-hybridized carbons (Fsp3) is 0.192. The molecule has 174 valence electrons. The van der Waals surface area contributed by atoms with Gasteiger partial charge in [0.2, 0.25) is 0 Å². The molecule has 0 saturated heterocycles. The molecular formula is C26H23F2N3O3. The number of urea groups is 1. The molecule has 2 aliphatic rings. The van der Waals surface area contributed by atoms with Gasteiger partial charge in [0, 0.05) is 36.4 Å². The van der Waals surface area contributed by atoms with E-state index >= 15 is 0 Å². The molecular weight excluding hydrogens is 440 g/mol. The molecule has 0 spiro atoms. The smallest absolute Gasteiger partial charge is 0.333 e. The number of hydrogen-bond acceptors (Lipinski definition) is 3. The van der Waals surface area contributed by atoms with Gasteiger partial charge in [-0.05, 0) is 35.4 Å². The number of carbonyl (C=O) groups is 2. The molecule has 2 aromatic carbocycles. The molecule has 2 N–H and O–H groups in total. The number of allylic oxidation sites excluding steroid dienone is 3. The van der Waals surface area contributed by atoms with Gasteiger partial charge in [-0.25, -0.2) is 13.6 Å². The van der Waals surface area contributed by atoms with Crippen LogP contribution in [0.1, 0.15) is 34.0 Å². The van der Waals surface area contributed by atoms with E-state index in [0.717, 1.165) is 12.5 Å². The maximum atomic E-state index is 13.7. The maximum absolute atomic E-state index is 13.7. The highest BCUT2D eigenvalue weighted by Crippen LogP contribution is 2.33. The number of carbonyl (C=O) groups excluding carboxylic acids is 2. The third kappa shape index (κ3) is 4.83. The minimum atomic E-state index is -2.97. The summed E-state index contributed by atoms with van der Waals surface area (Å²) in [5, 5.41) is 11.5. The van der Waals surface area contributed by atoms with E-state index < -0.39 is 5.92 Å². The summed E-state index contributed by atoms with van der Waals surface area (Å²) in [6.07, 6.45) is 6.67. The molecule has 0 unspecified atom stereocenters. The standard InChI is InChI=1S/C26H23F2N3O3/c1-26(27,28)21-8-2-5-18(15-21)17-30-13-10-23-22(9-4-12-31(23)25(30)34)19-6-3-7-20(16-19)24(33)29-11-14-32/h2-9,12-13,15-16,32H,11,14,17H2,1H3,(H,29,33). The van der Waals surface area contributed by atoms with Crippen molar-refractivity contribution in [2.45, 2.75) is 19.4 Å². The number of alkyl halides is 2. The lowest BCUT2D eigenvalue weighted by Crippen LogP contribution is -2.39. The van der Waals surface area contributed by atoms with Crippen LogP contribution in [0.15, 0.2) is 84.5 Å². The van der Waals surface area contributed by atoms with Crippen molar-refractivity contribution < 1.29 is 23.5 Å². The first-order valence-electron chi connectivity index (χ1n) is 10.7. The Morgan fingerprint density at radius 1 is 1.18 bits per heavy atom. The van der Waals surface area contributed by atoms with Crippen molar-refractivity contribution in [3.63, 3.8) is 0 Å². The van der Waals surface area contributed by atoms with E-state index in [1.165, 1.54) is 28.1 Å². The number of amides is 3. The first-order chi connectivity index (χ1) is 16.3. The molecule has 0 saturated carbocycles. The minimum Gasteiger partial charge on any atom is -0.395 e. The van der Waals surface area contributed by atoms with Gasteiger partial charge >= 0.3 is 6.03 Å². The van der Waals surface area contributed by atoms with Crippen molar-refractivity contribution in [1.29, 1.82) is 0 Å². The number of halogens is 2. The molecule has 8 heteroatoms. The molecule has 4 rings (SSSR count). The number of hydrogen-bond donors (Lipinski definition) is 2. The van der Waals surface area contributed by atoms with Crippen LogP contribution in [0.3, 0.4) is 0 Å². The summed E-state index contributed by atoms with van der Waals surface area (Å²) < 4.78 is 27.4. The molecule has 0 atom stereocenters. The highest BCUT2D eigenvalue weighted by atomic mass is 19.3. The van der Waals surface area contributed by atoms with Crippen molar-refractivity contribution in [1.82, 2.24) is 15.1 Å². The average molecular weight is 463 g/mol. The molecule has 0 fully saturated rings. The van der Waals surface area contributed by atoms with E-state index in [1.54, 1.807) is 42.6 Å². The second-order valence-corrected chi connectivity index (χ2v) is 7.97. The van der Waals surface area contributed by atoms with Crippen LogP contribution < -0.4 is 5.32 Å². The van der Waals surface area contributed by atoms with E-state index in [4.69, 9.17) is 5.11 Å². The first kappa shape index (κ1) is 23.2. The van der Waals surface area contributed by atoms with Crippen LogP contribution >= 0.6 is 0 Å². The van der Waals surface area contributed by atoms with Gasteiger partial charge in [0.25, 0.3) is 11.8 Å². The fourth-order valence-corrected chi connectivity index (χ4v) is 3.73. The Balaban J connectivity index is 1.61. The Morgan fingerprint density at radius 2 is 1.97 bits per heavy atom. The number of rotatable bonds is 7. The van der Waals surface area contributed by atoms with Crippen molar-refractivity contribution in [3.05, 3.63) is 107 Å². The summed E-state index contributed by atoms with van der Waals surface area (Å²) in [5.74, 6) is -3.28. The Kier molecular flexibility index (Phi) is 6.45. The van der Waals surface area contributed by atoms with Gasteiger partial charge < -0.3 is 10.4 Å². The van der Waals surface area contributed by atoms with Crippen molar-refractivity contribution >= 4 is 17.5 Å². The number of nitrogens with one attached hydrogen (secondary N) is 1. The molecule has 2 heterocycles. The summed E-state index contributed by atoms with van der Waals surface area (Å²) in [7, 11) is 0. The number of aliphatic hydroxyl groups excluding tert-OH is 1. The van der Waals surface area contributed by atoms with Gasteiger partial charge in [-0.1, -0.05) is 42.1 Å². The van der Waals surface area contributed by atoms with Gasteiger partial charge in [-0.2, -0.15) is 0 Å². The highest BCUT2D eigenvalue weighted by Gasteiger charge is 2.29. The normalized spacial score (nSPS) is 15.1. The number of benzene rings is 2. The van der Waals surface area contributed by atoms with E-state index in [1.807, 2.05) is 12.1 Å². The predicted octanol–water partition coefficient (Wildman–Crippen LogP) is 4.37. The quantitative estimate of drug-likeness (QED) is 0.599. The Hall–Kier alpha value is -4.00. The van der Waals surface area contributed by atoms with Gasteiger partial charge in [0.15, 0.2) is 0 Å². The van der Waals surface area contributed by atoms with Crippen LogP contribution in [0.5, 0.6) is 0 Å². The van der Waals surface area contributed by atoms with Crippen LogP contribution in [0, 0.1) is 0 Å². The minimum absolute atomic E-state index is 0.110. The lowest BCUT2D eigenvalue weighted by atomic mass is 9.97. The van der Waals surface area contributed by atoms with E-state index in [9.17, 15) is 18.4 Å². The zero-order valence-electron chi connectivity index (χ0n) is 18.5. The van der Waals surface area contributed by atoms with Crippen LogP contribution in [0.2, 0.25) is 0 Å². The van der Waals surface area contributed by atoms with E-state index in [0.29, 0.717) is 22.4 Å². The second-order valence-electron chi connectivity index (χ2n) is 7.97. The van der Waals surface area contributed by atoms with E-state index in [2.05, 4.69) is 11.0 Å². The largest absolute Gasteiger partial charge is 0.395 e. The summed E-state index contributed by atoms with van der Waals surface area (Å²) in [4.78, 5) is 28.3. The molecule has 34 heavy (non-hydrogen) atoms. The Bertz CT molecular complexity index is 1250. The van der Waals surface area contributed by atoms with Crippen LogP contribution in [0.25, 0.3) is 5.57 Å². The third-order valence-corrected chi connectivity index (χ3v) is 5.42. The SMILES string of the molecule is CC(F)(F)c1cccc(CN2C=C=C3C(c4cccc(C(=O)NCCO)c4)=CC=CN3C2=O)c1. The molecule has 0 bridgehead atoms. The van der Waals surface area contributed by atoms with E-state index in [-0.39, 0.29) is 37.2 Å². The average Bonchev–Trinajstić information content (AvgIpc) is 2.84. The van der Waals surface area contributed by atoms with Gasteiger partial charge in [-0.3, -0.25) is 14.6 Å². The summed E-state index contributed by atoms with van der Waals surface area (Å²) >= 11 is 0. The topological polar surface area (TPSA) is 72.9 Å². The molecule has 6 nitrogen and oxygen atoms in total. The van der Waals surface area contributed by atoms with Crippen LogP contribution in [-0.2, 0) is 12.5 Å². The summed E-state index contributed by atoms with van der Waals surface area (Å²) in [6, 6.07) is 12.6. The molecule has 3 amide bonds. The van der Waals surface area contributed by atoms with Crippen molar-refractivity contribution in [3.8, 4) is 0 Å². The summed E-state index contributed by atoms with van der Waals surface area (Å²) in [5.41, 5.74) is 5.96. The maximum Gasteiger partial charge on any atom is 0.333 e. The van der Waals surface area contributed by atoms with Crippen molar-refractivity contribution in [2.24, 2.45) is 0 Å². The molecule has 2 aliphatic heterocycles. The van der Waals surface area contributed by atoms with Gasteiger partial charge in [0.05, 0.1) is 19.4 Å². The van der Waals surface area contributed by atoms with Crippen LogP contribution in [-0.4, -0.2) is 40.0 Å². The zero-order chi connectivity index (χ0) is 24.3. The number of nitrogens with zero attached hydrogens (tertiary/aromatic N) is 2. The fourth-order valence-electron chi connectivity index (χ4n) is 3.73. The van der Waals surface area contributed by atoms with Crippen molar-refractivity contribution in [2.75, 3.05) is 13.2 Å². The molecule has 0 radical (unpaired) electrons. The van der Waals surface area contributed by atoms with Gasteiger partial charge in [0.1, 0.15) is 5.70 Å². The lowest BCUT2D eigenvalue weighted by Gasteiger charge is -2.32. The zero-order valence-corrected chi connectivity index (χ0v) is 18.5. The summed E-state index contributed by atoms with van der Waals surface area (Å²) in [6.45, 7) is 0.953. The molecule has 2 aromatic rings. The Labute approximate surface area is 195 Å². The highest BCUT2D eigenvalue weighted by molar-refractivity contribution is 5.96. The van der Waals surface area contributed by atoms with Crippen LogP contribution in [0.4, 0.5) is 13.6 Å². The predicted molar refractivity (Wildman–Crippen MR) is 123 cm³/mol. The van der Waals surface area contributed by atoms with Gasteiger partial charge in [-0.15, -0.1) is 0 Å². The molecule has 0 aromatic heterocycles. The first-order valence-corrected chi connectivity index (χ1v) is 10.7. The third-order valence-electron chi connectivity index (χ3n) is 5.42.